The number of hydrazine groups is 1. The molecule has 0 atom stereocenters. The Bertz CT molecular complexity index is 749. The van der Waals surface area contributed by atoms with Gasteiger partial charge in [-0.15, -0.1) is 0 Å². The SMILES string of the molecule is CC.CCc1cc(N(N)C(=C\N)/C(C)=C/C/C=C(\C)[N+](=O)[O-])cc(C)c1CC. The minimum Gasteiger partial charge on any atom is -0.403 e. The van der Waals surface area contributed by atoms with Crippen LogP contribution < -0.4 is 16.6 Å². The molecular weight excluding hydrogens is 352 g/mol. The summed E-state index contributed by atoms with van der Waals surface area (Å²) in [5.41, 5.74) is 12.2. The number of hydrogen-bond donors (Lipinski definition) is 2. The molecule has 0 aliphatic heterocycles. The first-order chi connectivity index (χ1) is 13.3. The van der Waals surface area contributed by atoms with Gasteiger partial charge in [0.05, 0.1) is 16.3 Å². The number of hydrogen-bond acceptors (Lipinski definition) is 5. The van der Waals surface area contributed by atoms with E-state index in [1.165, 1.54) is 29.8 Å². The fourth-order valence-electron chi connectivity index (χ4n) is 2.96. The third-order valence-electron chi connectivity index (χ3n) is 4.51. The molecule has 1 aromatic carbocycles. The molecule has 0 amide bonds. The summed E-state index contributed by atoms with van der Waals surface area (Å²) in [6.45, 7) is 13.7. The Hall–Kier alpha value is -2.60. The lowest BCUT2D eigenvalue weighted by Gasteiger charge is -2.24. The molecule has 6 heteroatoms. The van der Waals surface area contributed by atoms with Crippen molar-refractivity contribution in [1.82, 2.24) is 0 Å². The first-order valence-corrected chi connectivity index (χ1v) is 9.84. The number of anilines is 1. The van der Waals surface area contributed by atoms with Crippen LogP contribution in [-0.4, -0.2) is 4.92 Å². The van der Waals surface area contributed by atoms with Gasteiger partial charge in [-0.05, 0) is 73.6 Å². The maximum Gasteiger partial charge on any atom is 0.239 e. The second kappa shape index (κ2) is 12.7. The first kappa shape index (κ1) is 25.4. The van der Waals surface area contributed by atoms with Crippen LogP contribution in [-0.2, 0) is 12.8 Å². The maximum absolute atomic E-state index is 10.7. The minimum absolute atomic E-state index is 0.121. The molecule has 1 aromatic rings. The van der Waals surface area contributed by atoms with Crippen molar-refractivity contribution in [3.63, 3.8) is 0 Å². The molecule has 0 saturated heterocycles. The predicted octanol–water partition coefficient (Wildman–Crippen LogP) is 5.14. The highest BCUT2D eigenvalue weighted by Crippen LogP contribution is 2.27. The highest BCUT2D eigenvalue weighted by atomic mass is 16.6. The quantitative estimate of drug-likeness (QED) is 0.278. The van der Waals surface area contributed by atoms with E-state index in [-0.39, 0.29) is 5.70 Å². The average molecular weight is 389 g/mol. The third-order valence-corrected chi connectivity index (χ3v) is 4.51. The standard InChI is InChI=1S/C20H30N4O2.C2H6/c1-6-17-12-18(11-15(4)19(17)7-2)23(22)20(13-21)14(3)9-8-10-16(5)24(25)26;1-2/h9-13H,6-8,21-22H2,1-5H3;1-2H3/b14-9+,16-10+,20-13-;. The van der Waals surface area contributed by atoms with Crippen LogP contribution in [0.2, 0.25) is 0 Å². The van der Waals surface area contributed by atoms with Crippen molar-refractivity contribution in [3.8, 4) is 0 Å². The van der Waals surface area contributed by atoms with Crippen molar-refractivity contribution in [1.29, 1.82) is 0 Å². The highest BCUT2D eigenvalue weighted by Gasteiger charge is 2.13. The molecule has 156 valence electrons. The molecule has 1 rings (SSSR count). The molecule has 0 bridgehead atoms. The van der Waals surface area contributed by atoms with Crippen molar-refractivity contribution in [3.05, 3.63) is 74.3 Å². The van der Waals surface area contributed by atoms with Crippen LogP contribution in [0.3, 0.4) is 0 Å². The van der Waals surface area contributed by atoms with Gasteiger partial charge in [-0.1, -0.05) is 33.8 Å². The zero-order valence-electron chi connectivity index (χ0n) is 18.4. The molecule has 0 saturated carbocycles. The Labute approximate surface area is 169 Å². The van der Waals surface area contributed by atoms with Gasteiger partial charge in [0, 0.05) is 13.1 Å². The summed E-state index contributed by atoms with van der Waals surface area (Å²) in [7, 11) is 0. The fraction of sp³-hybridized carbons (Fsp3) is 0.455. The smallest absolute Gasteiger partial charge is 0.239 e. The Morgan fingerprint density at radius 1 is 1.18 bits per heavy atom. The van der Waals surface area contributed by atoms with Gasteiger partial charge in [-0.3, -0.25) is 15.1 Å². The molecule has 0 spiro atoms. The van der Waals surface area contributed by atoms with Gasteiger partial charge in [0.15, 0.2) is 0 Å². The van der Waals surface area contributed by atoms with E-state index in [2.05, 4.69) is 32.9 Å². The first-order valence-electron chi connectivity index (χ1n) is 9.84. The predicted molar refractivity (Wildman–Crippen MR) is 119 cm³/mol. The van der Waals surface area contributed by atoms with Crippen LogP contribution in [0.25, 0.3) is 0 Å². The van der Waals surface area contributed by atoms with E-state index in [1.807, 2.05) is 26.8 Å². The van der Waals surface area contributed by atoms with E-state index in [0.717, 1.165) is 24.1 Å². The summed E-state index contributed by atoms with van der Waals surface area (Å²) in [4.78, 5) is 10.3. The van der Waals surface area contributed by atoms with E-state index in [9.17, 15) is 10.1 Å². The molecule has 28 heavy (non-hydrogen) atoms. The van der Waals surface area contributed by atoms with E-state index in [0.29, 0.717) is 12.1 Å². The zero-order valence-corrected chi connectivity index (χ0v) is 18.4. The van der Waals surface area contributed by atoms with Crippen LogP contribution in [0.5, 0.6) is 0 Å². The fourth-order valence-corrected chi connectivity index (χ4v) is 2.96. The van der Waals surface area contributed by atoms with E-state index >= 15 is 0 Å². The van der Waals surface area contributed by atoms with Gasteiger partial charge >= 0.3 is 0 Å². The van der Waals surface area contributed by atoms with Gasteiger partial charge in [-0.25, -0.2) is 5.84 Å². The van der Waals surface area contributed by atoms with Crippen molar-refractivity contribution >= 4 is 5.69 Å². The van der Waals surface area contributed by atoms with Gasteiger partial charge in [-0.2, -0.15) is 0 Å². The van der Waals surface area contributed by atoms with Gasteiger partial charge in [0.25, 0.3) is 0 Å². The monoisotopic (exact) mass is 388 g/mol. The lowest BCUT2D eigenvalue weighted by Crippen LogP contribution is -2.31. The van der Waals surface area contributed by atoms with E-state index in [1.54, 1.807) is 11.1 Å². The number of rotatable bonds is 8. The van der Waals surface area contributed by atoms with E-state index < -0.39 is 4.92 Å². The van der Waals surface area contributed by atoms with Crippen molar-refractivity contribution < 1.29 is 4.92 Å². The molecule has 4 N–H and O–H groups in total. The number of nitrogens with two attached hydrogens (primary N) is 2. The molecular formula is C22H36N4O2. The van der Waals surface area contributed by atoms with Gasteiger partial charge < -0.3 is 5.73 Å². The van der Waals surface area contributed by atoms with Crippen molar-refractivity contribution in [2.45, 2.75) is 67.7 Å². The molecule has 0 aliphatic carbocycles. The lowest BCUT2D eigenvalue weighted by atomic mass is 9.96. The van der Waals surface area contributed by atoms with Crippen molar-refractivity contribution in [2.75, 3.05) is 5.01 Å². The van der Waals surface area contributed by atoms with E-state index in [4.69, 9.17) is 11.6 Å². The molecule has 0 radical (unpaired) electrons. The summed E-state index contributed by atoms with van der Waals surface area (Å²) in [5, 5.41) is 12.2. The number of aryl methyl sites for hydroxylation is 2. The Balaban J connectivity index is 0.00000352. The Kier molecular flexibility index (Phi) is 11.5. The molecule has 0 aliphatic rings. The topological polar surface area (TPSA) is 98.4 Å². The van der Waals surface area contributed by atoms with Crippen LogP contribution in [0.4, 0.5) is 5.69 Å². The molecule has 0 heterocycles. The van der Waals surface area contributed by atoms with Gasteiger partial charge in [0.1, 0.15) is 0 Å². The number of nitrogens with zero attached hydrogens (tertiary/aromatic N) is 2. The lowest BCUT2D eigenvalue weighted by molar-refractivity contribution is -0.424. The number of allylic oxidation sites excluding steroid dienone is 4. The average Bonchev–Trinajstić information content (AvgIpc) is 2.68. The van der Waals surface area contributed by atoms with Crippen molar-refractivity contribution in [2.24, 2.45) is 11.6 Å². The minimum atomic E-state index is -0.400. The summed E-state index contributed by atoms with van der Waals surface area (Å²) < 4.78 is 0. The maximum atomic E-state index is 10.7. The van der Waals surface area contributed by atoms with Crippen LogP contribution >= 0.6 is 0 Å². The highest BCUT2D eigenvalue weighted by molar-refractivity contribution is 5.59. The molecule has 0 aromatic heterocycles. The summed E-state index contributed by atoms with van der Waals surface area (Å²) >= 11 is 0. The third kappa shape index (κ3) is 6.85. The second-order valence-electron chi connectivity index (χ2n) is 6.25. The number of nitro groups is 1. The normalized spacial score (nSPS) is 12.4. The Morgan fingerprint density at radius 2 is 1.79 bits per heavy atom. The molecule has 6 nitrogen and oxygen atoms in total. The van der Waals surface area contributed by atoms with Crippen LogP contribution in [0, 0.1) is 17.0 Å². The Morgan fingerprint density at radius 3 is 2.25 bits per heavy atom. The second-order valence-corrected chi connectivity index (χ2v) is 6.25. The summed E-state index contributed by atoms with van der Waals surface area (Å²) in [6, 6.07) is 4.16. The van der Waals surface area contributed by atoms with Crippen LogP contribution in [0.15, 0.2) is 47.5 Å². The largest absolute Gasteiger partial charge is 0.403 e. The van der Waals surface area contributed by atoms with Crippen LogP contribution in [0.1, 0.15) is 64.7 Å². The summed E-state index contributed by atoms with van der Waals surface area (Å²) in [5.74, 6) is 6.34. The van der Waals surface area contributed by atoms with Gasteiger partial charge in [0.2, 0.25) is 5.70 Å². The summed E-state index contributed by atoms with van der Waals surface area (Å²) in [6.07, 6.45) is 7.27. The zero-order chi connectivity index (χ0) is 21.9. The molecule has 0 unspecified atom stereocenters. The number of benzene rings is 1. The molecule has 0 fully saturated rings.